The predicted molar refractivity (Wildman–Crippen MR) is 73.8 cm³/mol. The molecule has 0 unspecified atom stereocenters. The molecule has 7 nitrogen and oxygen atoms in total. The maximum Gasteiger partial charge on any atom is 0.420 e. The molecule has 0 saturated heterocycles. The number of nitrogens with one attached hydrogen (secondary N) is 1. The number of nitrogens with zero attached hydrogens (tertiary/aromatic N) is 5. The molecule has 3 aromatic heterocycles. The van der Waals surface area contributed by atoms with Crippen LogP contribution in [-0.4, -0.2) is 30.1 Å². The summed E-state index contributed by atoms with van der Waals surface area (Å²) in [6.07, 6.45) is -3.12. The number of carbonyl (C=O) groups excluding carboxylic acids is 1. The van der Waals surface area contributed by atoms with E-state index in [1.165, 1.54) is 16.7 Å². The number of amides is 1. The largest absolute Gasteiger partial charge is 0.420 e. The van der Waals surface area contributed by atoms with Gasteiger partial charge in [-0.05, 0) is 30.6 Å². The molecule has 0 radical (unpaired) electrons. The molecule has 0 aliphatic carbocycles. The number of aromatic nitrogens is 5. The van der Waals surface area contributed by atoms with Crippen LogP contribution in [0.15, 0.2) is 18.3 Å². The van der Waals surface area contributed by atoms with E-state index in [1.807, 2.05) is 0 Å². The van der Waals surface area contributed by atoms with Crippen molar-refractivity contribution in [3.63, 3.8) is 0 Å². The van der Waals surface area contributed by atoms with Crippen LogP contribution < -0.4 is 5.32 Å². The summed E-state index contributed by atoms with van der Waals surface area (Å²) in [5, 5.41) is 13.6. The van der Waals surface area contributed by atoms with Gasteiger partial charge in [-0.2, -0.15) is 13.2 Å². The van der Waals surface area contributed by atoms with E-state index in [9.17, 15) is 18.0 Å². The van der Waals surface area contributed by atoms with E-state index in [2.05, 4.69) is 25.1 Å². The minimum absolute atomic E-state index is 0.0708. The summed E-state index contributed by atoms with van der Waals surface area (Å²) < 4.78 is 43.6. The first kappa shape index (κ1) is 15.3. The van der Waals surface area contributed by atoms with Crippen LogP contribution in [0.2, 0.25) is 0 Å². The van der Waals surface area contributed by atoms with Crippen molar-refractivity contribution in [3.8, 4) is 0 Å². The van der Waals surface area contributed by atoms with Crippen LogP contribution in [-0.2, 0) is 12.7 Å². The first-order valence-electron chi connectivity index (χ1n) is 6.35. The average Bonchev–Trinajstić information content (AvgIpc) is 3.09. The van der Waals surface area contributed by atoms with Gasteiger partial charge in [0.25, 0.3) is 5.91 Å². The van der Waals surface area contributed by atoms with Gasteiger partial charge in [-0.1, -0.05) is 4.49 Å². The highest BCUT2D eigenvalue weighted by atomic mass is 32.1. The van der Waals surface area contributed by atoms with Gasteiger partial charge in [0, 0.05) is 6.20 Å². The van der Waals surface area contributed by atoms with Crippen LogP contribution in [0.25, 0.3) is 5.65 Å². The van der Waals surface area contributed by atoms with Gasteiger partial charge in [-0.25, -0.2) is 0 Å². The van der Waals surface area contributed by atoms with Crippen molar-refractivity contribution >= 4 is 23.1 Å². The van der Waals surface area contributed by atoms with Crippen LogP contribution in [0.5, 0.6) is 0 Å². The molecular formula is C12H9F3N6OS. The van der Waals surface area contributed by atoms with E-state index in [-0.39, 0.29) is 18.0 Å². The van der Waals surface area contributed by atoms with Gasteiger partial charge in [0.05, 0.1) is 12.2 Å². The maximum absolute atomic E-state index is 12.9. The second-order valence-electron chi connectivity index (χ2n) is 4.60. The Labute approximate surface area is 131 Å². The van der Waals surface area contributed by atoms with Crippen molar-refractivity contribution in [1.82, 2.24) is 29.5 Å². The summed E-state index contributed by atoms with van der Waals surface area (Å²) in [6, 6.07) is 2.18. The van der Waals surface area contributed by atoms with Crippen LogP contribution in [0.4, 0.5) is 13.2 Å². The summed E-state index contributed by atoms with van der Waals surface area (Å²) in [7, 11) is 0. The lowest BCUT2D eigenvalue weighted by Gasteiger charge is -2.07. The highest BCUT2D eigenvalue weighted by Crippen LogP contribution is 2.31. The van der Waals surface area contributed by atoms with Gasteiger partial charge in [0.1, 0.15) is 10.4 Å². The monoisotopic (exact) mass is 342 g/mol. The van der Waals surface area contributed by atoms with Crippen molar-refractivity contribution in [1.29, 1.82) is 0 Å². The molecule has 23 heavy (non-hydrogen) atoms. The number of pyridine rings is 1. The molecular weight excluding hydrogens is 333 g/mol. The molecule has 120 valence electrons. The molecule has 0 spiro atoms. The summed E-state index contributed by atoms with van der Waals surface area (Å²) in [6.45, 7) is 1.57. The topological polar surface area (TPSA) is 85.1 Å². The SMILES string of the molecule is Cc1nnsc1C(=O)NCc1nnc2c(C(F)(F)F)cccn12. The zero-order valence-electron chi connectivity index (χ0n) is 11.6. The number of alkyl halides is 3. The third-order valence-electron chi connectivity index (χ3n) is 3.08. The van der Waals surface area contributed by atoms with E-state index in [0.29, 0.717) is 10.6 Å². The zero-order chi connectivity index (χ0) is 16.6. The second-order valence-corrected chi connectivity index (χ2v) is 5.35. The molecule has 3 aromatic rings. The Bertz CT molecular complexity index is 871. The Morgan fingerprint density at radius 2 is 2.13 bits per heavy atom. The Balaban J connectivity index is 1.85. The van der Waals surface area contributed by atoms with Gasteiger partial charge in [-0.15, -0.1) is 15.3 Å². The lowest BCUT2D eigenvalue weighted by atomic mass is 10.2. The number of aryl methyl sites for hydroxylation is 1. The fraction of sp³-hybridized carbons (Fsp3) is 0.250. The normalized spacial score (nSPS) is 11.8. The predicted octanol–water partition coefficient (Wildman–Crippen LogP) is 1.84. The maximum atomic E-state index is 12.9. The summed E-state index contributed by atoms with van der Waals surface area (Å²) in [5.74, 6) is -0.226. The van der Waals surface area contributed by atoms with Crippen molar-refractivity contribution in [2.75, 3.05) is 0 Å². The molecule has 0 fully saturated rings. The Morgan fingerprint density at radius 1 is 1.35 bits per heavy atom. The fourth-order valence-corrected chi connectivity index (χ4v) is 2.56. The number of hydrogen-bond acceptors (Lipinski definition) is 6. The van der Waals surface area contributed by atoms with Gasteiger partial charge in [0.15, 0.2) is 11.5 Å². The number of hydrogen-bond donors (Lipinski definition) is 1. The quantitative estimate of drug-likeness (QED) is 0.785. The van der Waals surface area contributed by atoms with E-state index in [1.54, 1.807) is 6.92 Å². The van der Waals surface area contributed by atoms with Crippen molar-refractivity contribution < 1.29 is 18.0 Å². The third kappa shape index (κ3) is 2.86. The Morgan fingerprint density at radius 3 is 2.78 bits per heavy atom. The molecule has 0 aromatic carbocycles. The number of fused-ring (bicyclic) bond motifs is 1. The number of rotatable bonds is 3. The van der Waals surface area contributed by atoms with Gasteiger partial charge >= 0.3 is 6.18 Å². The summed E-state index contributed by atoms with van der Waals surface area (Å²) in [4.78, 5) is 12.3. The molecule has 3 heterocycles. The smallest absolute Gasteiger partial charge is 0.344 e. The van der Waals surface area contributed by atoms with Crippen LogP contribution in [0, 0.1) is 6.92 Å². The molecule has 0 atom stereocenters. The van der Waals surface area contributed by atoms with Crippen molar-refractivity contribution in [3.05, 3.63) is 40.3 Å². The molecule has 0 saturated carbocycles. The summed E-state index contributed by atoms with van der Waals surface area (Å²) >= 11 is 0.940. The first-order valence-corrected chi connectivity index (χ1v) is 7.12. The van der Waals surface area contributed by atoms with Gasteiger partial charge < -0.3 is 5.32 Å². The minimum atomic E-state index is -4.53. The van der Waals surface area contributed by atoms with Crippen molar-refractivity contribution in [2.45, 2.75) is 19.6 Å². The molecule has 1 amide bonds. The highest BCUT2D eigenvalue weighted by Gasteiger charge is 2.34. The van der Waals surface area contributed by atoms with Gasteiger partial charge in [-0.3, -0.25) is 9.20 Å². The third-order valence-corrected chi connectivity index (χ3v) is 3.90. The Hall–Kier alpha value is -2.56. The van der Waals surface area contributed by atoms with Crippen LogP contribution in [0.1, 0.15) is 26.8 Å². The van der Waals surface area contributed by atoms with Crippen LogP contribution >= 0.6 is 11.5 Å². The summed E-state index contributed by atoms with van der Waals surface area (Å²) in [5.41, 5.74) is -0.703. The molecule has 0 bridgehead atoms. The molecule has 3 rings (SSSR count). The van der Waals surface area contributed by atoms with Crippen molar-refractivity contribution in [2.24, 2.45) is 0 Å². The van der Waals surface area contributed by atoms with Crippen LogP contribution in [0.3, 0.4) is 0 Å². The highest BCUT2D eigenvalue weighted by molar-refractivity contribution is 7.07. The molecule has 11 heteroatoms. The molecule has 0 aliphatic heterocycles. The minimum Gasteiger partial charge on any atom is -0.344 e. The first-order chi connectivity index (χ1) is 10.9. The van der Waals surface area contributed by atoms with E-state index in [4.69, 9.17) is 0 Å². The van der Waals surface area contributed by atoms with E-state index < -0.39 is 17.6 Å². The number of halogens is 3. The standard InChI is InChI=1S/C12H9F3N6OS/c1-6-9(23-20-17-6)11(22)16-5-8-18-19-10-7(12(13,14)15)3-2-4-21(8)10/h2-4H,5H2,1H3,(H,16,22). The lowest BCUT2D eigenvalue weighted by Crippen LogP contribution is -2.23. The Kier molecular flexibility index (Phi) is 3.72. The molecule has 0 aliphatic rings. The zero-order valence-corrected chi connectivity index (χ0v) is 12.4. The van der Waals surface area contributed by atoms with Gasteiger partial charge in [0.2, 0.25) is 0 Å². The number of carbonyl (C=O) groups is 1. The second kappa shape index (κ2) is 5.57. The van der Waals surface area contributed by atoms with E-state index in [0.717, 1.165) is 17.6 Å². The van der Waals surface area contributed by atoms with E-state index >= 15 is 0 Å². The molecule has 1 N–H and O–H groups in total. The lowest BCUT2D eigenvalue weighted by molar-refractivity contribution is -0.136. The fourth-order valence-electron chi connectivity index (χ4n) is 1.98. The average molecular weight is 342 g/mol.